The largest absolute Gasteiger partial charge is 0.490 e. The van der Waals surface area contributed by atoms with Gasteiger partial charge in [0.25, 0.3) is 0 Å². The number of hydrogen-bond acceptors (Lipinski definition) is 7. The molecule has 2 heterocycles. The Bertz CT molecular complexity index is 632. The summed E-state index contributed by atoms with van der Waals surface area (Å²) in [6.07, 6.45) is -0.769. The highest BCUT2D eigenvalue weighted by Gasteiger charge is 2.21. The van der Waals surface area contributed by atoms with E-state index in [1.165, 1.54) is 11.3 Å². The van der Waals surface area contributed by atoms with Gasteiger partial charge in [0.05, 0.1) is 30.6 Å². The molecule has 2 aromatic rings. The maximum Gasteiger partial charge on any atom is 0.180 e. The van der Waals surface area contributed by atoms with Crippen LogP contribution in [-0.4, -0.2) is 47.6 Å². The van der Waals surface area contributed by atoms with Gasteiger partial charge in [-0.25, -0.2) is 4.98 Å². The third-order valence-electron chi connectivity index (χ3n) is 3.38. The Labute approximate surface area is 126 Å². The van der Waals surface area contributed by atoms with Crippen LogP contribution in [0.5, 0.6) is 5.75 Å². The summed E-state index contributed by atoms with van der Waals surface area (Å²) in [5.41, 5.74) is 8.36. The zero-order chi connectivity index (χ0) is 14.8. The number of benzene rings is 1. The quantitative estimate of drug-likeness (QED) is 0.779. The van der Waals surface area contributed by atoms with Crippen molar-refractivity contribution in [2.75, 3.05) is 36.9 Å². The molecule has 0 aliphatic carbocycles. The summed E-state index contributed by atoms with van der Waals surface area (Å²) in [6, 6.07) is 5.82. The van der Waals surface area contributed by atoms with E-state index >= 15 is 0 Å². The molecule has 1 aliphatic heterocycles. The van der Waals surface area contributed by atoms with Crippen LogP contribution in [0.1, 0.15) is 0 Å². The number of hydrogen-bond donors (Lipinski definition) is 3. The van der Waals surface area contributed by atoms with E-state index in [4.69, 9.17) is 15.6 Å². The minimum absolute atomic E-state index is 0.255. The molecule has 6 nitrogen and oxygen atoms in total. The van der Waals surface area contributed by atoms with Crippen molar-refractivity contribution < 1.29 is 14.9 Å². The first-order chi connectivity index (χ1) is 10.2. The lowest BCUT2D eigenvalue weighted by Crippen LogP contribution is -2.39. The summed E-state index contributed by atoms with van der Waals surface area (Å²) in [7, 11) is 0. The molecule has 1 aromatic carbocycles. The van der Waals surface area contributed by atoms with E-state index in [0.717, 1.165) is 22.7 Å². The fourth-order valence-electron chi connectivity index (χ4n) is 2.35. The average Bonchev–Trinajstić information content (AvgIpc) is 2.93. The van der Waals surface area contributed by atoms with Crippen LogP contribution in [0.2, 0.25) is 0 Å². The highest BCUT2D eigenvalue weighted by molar-refractivity contribution is 7.13. The predicted molar refractivity (Wildman–Crippen MR) is 82.8 cm³/mol. The Kier molecular flexibility index (Phi) is 3.96. The molecule has 1 atom stereocenters. The number of nitrogen functional groups attached to an aromatic ring is 1. The summed E-state index contributed by atoms with van der Waals surface area (Å²) >= 11 is 1.40. The minimum atomic E-state index is -0.769. The van der Waals surface area contributed by atoms with E-state index in [1.807, 2.05) is 28.5 Å². The Balaban J connectivity index is 1.93. The fraction of sp³-hybridized carbons (Fsp3) is 0.357. The van der Waals surface area contributed by atoms with Gasteiger partial charge in [-0.05, 0) is 18.2 Å². The highest BCUT2D eigenvalue weighted by atomic mass is 32.1. The number of aliphatic hydroxyl groups excluding tert-OH is 2. The number of thiazole rings is 1. The number of nitrogens with zero attached hydrogens (tertiary/aromatic N) is 2. The number of nitrogens with two attached hydrogens (primary N) is 1. The van der Waals surface area contributed by atoms with Gasteiger partial charge in [-0.15, -0.1) is 11.3 Å². The number of fused-ring (bicyclic) bond motifs is 1. The SMILES string of the molecule is Nc1nc(-c2ccc3c(c2)N(CC(O)CO)CCO3)cs1. The molecule has 7 heteroatoms. The van der Waals surface area contributed by atoms with Crippen molar-refractivity contribution in [3.05, 3.63) is 23.6 Å². The average molecular weight is 307 g/mol. The Morgan fingerprint density at radius 1 is 1.48 bits per heavy atom. The molecule has 0 saturated heterocycles. The molecule has 0 radical (unpaired) electrons. The molecule has 0 spiro atoms. The Hall–Kier alpha value is -1.83. The van der Waals surface area contributed by atoms with Crippen molar-refractivity contribution in [1.29, 1.82) is 0 Å². The van der Waals surface area contributed by atoms with Crippen LogP contribution >= 0.6 is 11.3 Å². The van der Waals surface area contributed by atoms with Crippen LogP contribution in [0.25, 0.3) is 11.3 Å². The molecule has 0 saturated carbocycles. The molecule has 112 valence electrons. The zero-order valence-electron chi connectivity index (χ0n) is 11.4. The van der Waals surface area contributed by atoms with Gasteiger partial charge in [0.1, 0.15) is 12.4 Å². The summed E-state index contributed by atoms with van der Waals surface area (Å²) in [5, 5.41) is 21.1. The molecule has 1 aromatic heterocycles. The standard InChI is InChI=1S/C14H17N3O3S/c15-14-16-11(8-21-14)9-1-2-13-12(5-9)17(3-4-20-13)6-10(19)7-18/h1-2,5,8,10,18-19H,3-4,6-7H2,(H2,15,16). The third kappa shape index (κ3) is 2.94. The monoisotopic (exact) mass is 307 g/mol. The lowest BCUT2D eigenvalue weighted by molar-refractivity contribution is 0.0984. The first-order valence-corrected chi connectivity index (χ1v) is 7.57. The second kappa shape index (κ2) is 5.88. The zero-order valence-corrected chi connectivity index (χ0v) is 12.2. The molecule has 1 unspecified atom stereocenters. The second-order valence-electron chi connectivity index (χ2n) is 4.88. The number of aliphatic hydroxyl groups is 2. The maximum absolute atomic E-state index is 9.67. The van der Waals surface area contributed by atoms with Crippen molar-refractivity contribution in [1.82, 2.24) is 4.98 Å². The van der Waals surface area contributed by atoms with Crippen LogP contribution in [-0.2, 0) is 0 Å². The van der Waals surface area contributed by atoms with Crippen molar-refractivity contribution in [2.24, 2.45) is 0 Å². The normalized spacial score (nSPS) is 15.4. The molecule has 0 bridgehead atoms. The first-order valence-electron chi connectivity index (χ1n) is 6.69. The van der Waals surface area contributed by atoms with E-state index in [2.05, 4.69) is 4.98 Å². The van der Waals surface area contributed by atoms with E-state index in [0.29, 0.717) is 24.8 Å². The minimum Gasteiger partial charge on any atom is -0.490 e. The lowest BCUT2D eigenvalue weighted by Gasteiger charge is -2.32. The summed E-state index contributed by atoms with van der Waals surface area (Å²) in [6.45, 7) is 1.35. The van der Waals surface area contributed by atoms with Crippen molar-refractivity contribution in [3.8, 4) is 17.0 Å². The topological polar surface area (TPSA) is 91.8 Å². The maximum atomic E-state index is 9.67. The molecular formula is C14H17N3O3S. The fourth-order valence-corrected chi connectivity index (χ4v) is 2.93. The first kappa shape index (κ1) is 14.1. The summed E-state index contributed by atoms with van der Waals surface area (Å²) in [5.74, 6) is 0.776. The number of anilines is 2. The lowest BCUT2D eigenvalue weighted by atomic mass is 10.1. The number of aromatic nitrogens is 1. The van der Waals surface area contributed by atoms with Gasteiger partial charge < -0.3 is 25.6 Å². The van der Waals surface area contributed by atoms with Crippen LogP contribution < -0.4 is 15.4 Å². The number of β-amino-alcohol motifs (C(OH)–C–C–N with tert-alkyl or cyclic N) is 1. The molecule has 4 N–H and O–H groups in total. The van der Waals surface area contributed by atoms with Crippen LogP contribution in [0.15, 0.2) is 23.6 Å². The molecule has 0 amide bonds. The van der Waals surface area contributed by atoms with Gasteiger partial charge in [-0.2, -0.15) is 0 Å². The van der Waals surface area contributed by atoms with E-state index in [9.17, 15) is 5.11 Å². The molecule has 0 fully saturated rings. The van der Waals surface area contributed by atoms with Gasteiger partial charge in [-0.3, -0.25) is 0 Å². The van der Waals surface area contributed by atoms with E-state index in [-0.39, 0.29) is 6.61 Å². The van der Waals surface area contributed by atoms with Crippen LogP contribution in [0, 0.1) is 0 Å². The van der Waals surface area contributed by atoms with Crippen LogP contribution in [0.3, 0.4) is 0 Å². The van der Waals surface area contributed by atoms with Crippen molar-refractivity contribution in [2.45, 2.75) is 6.10 Å². The molecular weight excluding hydrogens is 290 g/mol. The van der Waals surface area contributed by atoms with E-state index < -0.39 is 6.10 Å². The van der Waals surface area contributed by atoms with Crippen LogP contribution in [0.4, 0.5) is 10.8 Å². The third-order valence-corrected chi connectivity index (χ3v) is 4.05. The second-order valence-corrected chi connectivity index (χ2v) is 5.77. The molecule has 1 aliphatic rings. The van der Waals surface area contributed by atoms with Crippen molar-refractivity contribution >= 4 is 22.2 Å². The Morgan fingerprint density at radius 2 is 2.33 bits per heavy atom. The summed E-state index contributed by atoms with van der Waals surface area (Å²) < 4.78 is 5.64. The van der Waals surface area contributed by atoms with Crippen molar-refractivity contribution in [3.63, 3.8) is 0 Å². The van der Waals surface area contributed by atoms with Gasteiger partial charge in [0.2, 0.25) is 0 Å². The Morgan fingerprint density at radius 3 is 3.05 bits per heavy atom. The summed E-state index contributed by atoms with van der Waals surface area (Å²) in [4.78, 5) is 6.29. The predicted octanol–water partition coefficient (Wildman–Crippen LogP) is 0.944. The smallest absolute Gasteiger partial charge is 0.180 e. The molecule has 3 rings (SSSR count). The van der Waals surface area contributed by atoms with Gasteiger partial charge >= 0.3 is 0 Å². The number of ether oxygens (including phenoxy) is 1. The van der Waals surface area contributed by atoms with Gasteiger partial charge in [-0.1, -0.05) is 0 Å². The highest BCUT2D eigenvalue weighted by Crippen LogP contribution is 2.36. The van der Waals surface area contributed by atoms with Gasteiger partial charge in [0.15, 0.2) is 5.13 Å². The molecule has 21 heavy (non-hydrogen) atoms. The van der Waals surface area contributed by atoms with E-state index in [1.54, 1.807) is 0 Å². The number of rotatable bonds is 4. The van der Waals surface area contributed by atoms with Gasteiger partial charge in [0, 0.05) is 17.5 Å².